The van der Waals surface area contributed by atoms with E-state index in [0.29, 0.717) is 28.5 Å². The van der Waals surface area contributed by atoms with E-state index in [1.54, 1.807) is 18.2 Å². The highest BCUT2D eigenvalue weighted by Crippen LogP contribution is 2.24. The predicted octanol–water partition coefficient (Wildman–Crippen LogP) is 3.08. The molecule has 2 aromatic carbocycles. The number of hydrogen-bond donors (Lipinski definition) is 2. The number of anilines is 2. The standard InChI is InChI=1S/C19H14N4O2/c1-11-9-16(22-17(20-11)12-5-3-2-4-6-12)21-13-7-8-14-15(10-13)19(25)23-18(14)24/h2-10H,1H3,(H,20,21,22)(H,23,24,25). The molecule has 1 aliphatic rings. The van der Waals surface area contributed by atoms with Gasteiger partial charge in [0.1, 0.15) is 5.82 Å². The zero-order chi connectivity index (χ0) is 17.4. The van der Waals surface area contributed by atoms with Crippen LogP contribution >= 0.6 is 0 Å². The first-order valence-electron chi connectivity index (χ1n) is 7.78. The summed E-state index contributed by atoms with van der Waals surface area (Å²) in [5.74, 6) is 0.497. The lowest BCUT2D eigenvalue weighted by Crippen LogP contribution is -2.19. The summed E-state index contributed by atoms with van der Waals surface area (Å²) < 4.78 is 0. The van der Waals surface area contributed by atoms with E-state index in [0.717, 1.165) is 11.3 Å². The van der Waals surface area contributed by atoms with Crippen LogP contribution in [-0.4, -0.2) is 21.8 Å². The topological polar surface area (TPSA) is 84.0 Å². The summed E-state index contributed by atoms with van der Waals surface area (Å²) in [6, 6.07) is 16.6. The summed E-state index contributed by atoms with van der Waals surface area (Å²) in [4.78, 5) is 32.4. The van der Waals surface area contributed by atoms with E-state index in [4.69, 9.17) is 0 Å². The minimum atomic E-state index is -0.382. The Labute approximate surface area is 143 Å². The number of amides is 2. The van der Waals surface area contributed by atoms with Crippen LogP contribution in [0.5, 0.6) is 0 Å². The molecule has 0 radical (unpaired) electrons. The van der Waals surface area contributed by atoms with Gasteiger partial charge < -0.3 is 5.32 Å². The monoisotopic (exact) mass is 330 g/mol. The number of imide groups is 1. The summed E-state index contributed by atoms with van der Waals surface area (Å²) in [7, 11) is 0. The van der Waals surface area contributed by atoms with Gasteiger partial charge in [0.05, 0.1) is 11.1 Å². The van der Waals surface area contributed by atoms with Crippen molar-refractivity contribution in [2.24, 2.45) is 0 Å². The fourth-order valence-electron chi connectivity index (χ4n) is 2.74. The van der Waals surface area contributed by atoms with Crippen LogP contribution in [0.15, 0.2) is 54.6 Å². The Balaban J connectivity index is 1.68. The predicted molar refractivity (Wildman–Crippen MR) is 93.7 cm³/mol. The van der Waals surface area contributed by atoms with E-state index in [1.165, 1.54) is 0 Å². The van der Waals surface area contributed by atoms with Gasteiger partial charge in [-0.1, -0.05) is 30.3 Å². The third kappa shape index (κ3) is 2.85. The molecule has 2 amide bonds. The van der Waals surface area contributed by atoms with Crippen molar-refractivity contribution in [2.45, 2.75) is 6.92 Å². The highest BCUT2D eigenvalue weighted by molar-refractivity contribution is 6.21. The van der Waals surface area contributed by atoms with Crippen molar-refractivity contribution in [1.29, 1.82) is 0 Å². The van der Waals surface area contributed by atoms with Gasteiger partial charge in [0.2, 0.25) is 0 Å². The number of fused-ring (bicyclic) bond motifs is 1. The van der Waals surface area contributed by atoms with Crippen LogP contribution in [0.25, 0.3) is 11.4 Å². The number of nitrogens with one attached hydrogen (secondary N) is 2. The van der Waals surface area contributed by atoms with E-state index in [9.17, 15) is 9.59 Å². The Morgan fingerprint density at radius 2 is 1.64 bits per heavy atom. The van der Waals surface area contributed by atoms with Gasteiger partial charge in [-0.15, -0.1) is 0 Å². The van der Waals surface area contributed by atoms with E-state index >= 15 is 0 Å². The van der Waals surface area contributed by atoms with Crippen molar-refractivity contribution in [1.82, 2.24) is 15.3 Å². The summed E-state index contributed by atoms with van der Waals surface area (Å²) >= 11 is 0. The lowest BCUT2D eigenvalue weighted by molar-refractivity contribution is 0.0879. The molecule has 3 aromatic rings. The van der Waals surface area contributed by atoms with E-state index in [1.807, 2.05) is 43.3 Å². The number of nitrogens with zero attached hydrogens (tertiary/aromatic N) is 2. The molecule has 0 saturated heterocycles. The Morgan fingerprint density at radius 3 is 2.44 bits per heavy atom. The maximum Gasteiger partial charge on any atom is 0.259 e. The van der Waals surface area contributed by atoms with Crippen LogP contribution < -0.4 is 10.6 Å². The highest BCUT2D eigenvalue weighted by Gasteiger charge is 2.26. The molecule has 0 fully saturated rings. The molecule has 122 valence electrons. The molecule has 0 aliphatic carbocycles. The van der Waals surface area contributed by atoms with Crippen molar-refractivity contribution >= 4 is 23.3 Å². The lowest BCUT2D eigenvalue weighted by Gasteiger charge is -2.09. The third-order valence-corrected chi connectivity index (χ3v) is 3.89. The third-order valence-electron chi connectivity index (χ3n) is 3.89. The second kappa shape index (κ2) is 5.83. The van der Waals surface area contributed by atoms with Crippen LogP contribution in [0.3, 0.4) is 0 Å². The van der Waals surface area contributed by atoms with Gasteiger partial charge in [0.15, 0.2) is 5.82 Å². The quantitative estimate of drug-likeness (QED) is 0.721. The molecule has 6 nitrogen and oxygen atoms in total. The number of aromatic nitrogens is 2. The average Bonchev–Trinajstić information content (AvgIpc) is 2.89. The van der Waals surface area contributed by atoms with Crippen molar-refractivity contribution < 1.29 is 9.59 Å². The minimum absolute atomic E-state index is 0.365. The van der Waals surface area contributed by atoms with E-state index in [-0.39, 0.29) is 11.8 Å². The van der Waals surface area contributed by atoms with Gasteiger partial charge in [-0.05, 0) is 25.1 Å². The zero-order valence-electron chi connectivity index (χ0n) is 13.4. The molecule has 25 heavy (non-hydrogen) atoms. The number of rotatable bonds is 3. The number of carbonyl (C=O) groups is 2. The number of benzene rings is 2. The second-order valence-corrected chi connectivity index (χ2v) is 5.75. The van der Waals surface area contributed by atoms with Gasteiger partial charge in [0.25, 0.3) is 11.8 Å². The molecule has 6 heteroatoms. The second-order valence-electron chi connectivity index (χ2n) is 5.75. The van der Waals surface area contributed by atoms with Crippen molar-refractivity contribution in [3.05, 3.63) is 71.4 Å². The minimum Gasteiger partial charge on any atom is -0.340 e. The van der Waals surface area contributed by atoms with Gasteiger partial charge in [-0.2, -0.15) is 0 Å². The zero-order valence-corrected chi connectivity index (χ0v) is 13.4. The molecule has 0 atom stereocenters. The molecule has 0 unspecified atom stereocenters. The molecule has 1 aromatic heterocycles. The molecule has 1 aliphatic heterocycles. The first-order chi connectivity index (χ1) is 12.1. The van der Waals surface area contributed by atoms with Gasteiger partial charge in [-0.25, -0.2) is 9.97 Å². The Hall–Kier alpha value is -3.54. The maximum atomic E-state index is 11.8. The van der Waals surface area contributed by atoms with E-state index < -0.39 is 0 Å². The molecule has 2 N–H and O–H groups in total. The molecular formula is C19H14N4O2. The summed E-state index contributed by atoms with van der Waals surface area (Å²) in [6.07, 6.45) is 0. The fraction of sp³-hybridized carbons (Fsp3) is 0.0526. The number of aryl methyl sites for hydroxylation is 1. The molecule has 2 heterocycles. The fourth-order valence-corrected chi connectivity index (χ4v) is 2.74. The van der Waals surface area contributed by atoms with E-state index in [2.05, 4.69) is 20.6 Å². The SMILES string of the molecule is Cc1cc(Nc2ccc3c(c2)C(=O)NC3=O)nc(-c2ccccc2)n1. The van der Waals surface area contributed by atoms with Crippen LogP contribution in [0.2, 0.25) is 0 Å². The Kier molecular flexibility index (Phi) is 3.50. The van der Waals surface area contributed by atoms with Crippen molar-refractivity contribution in [3.8, 4) is 11.4 Å². The first kappa shape index (κ1) is 15.0. The Bertz CT molecular complexity index is 1000. The number of hydrogen-bond acceptors (Lipinski definition) is 5. The molecule has 0 spiro atoms. The van der Waals surface area contributed by atoms with Crippen LogP contribution in [0.1, 0.15) is 26.4 Å². The van der Waals surface area contributed by atoms with Crippen molar-refractivity contribution in [2.75, 3.05) is 5.32 Å². The molecule has 4 rings (SSSR count). The van der Waals surface area contributed by atoms with Crippen LogP contribution in [-0.2, 0) is 0 Å². The molecule has 0 saturated carbocycles. The Morgan fingerprint density at radius 1 is 0.880 bits per heavy atom. The number of carbonyl (C=O) groups excluding carboxylic acids is 2. The highest BCUT2D eigenvalue weighted by atomic mass is 16.2. The largest absolute Gasteiger partial charge is 0.340 e. The normalized spacial score (nSPS) is 12.7. The van der Waals surface area contributed by atoms with Gasteiger partial charge in [-0.3, -0.25) is 14.9 Å². The summed E-state index contributed by atoms with van der Waals surface area (Å²) in [6.45, 7) is 1.90. The average molecular weight is 330 g/mol. The molecular weight excluding hydrogens is 316 g/mol. The maximum absolute atomic E-state index is 11.8. The first-order valence-corrected chi connectivity index (χ1v) is 7.78. The van der Waals surface area contributed by atoms with Crippen LogP contribution in [0.4, 0.5) is 11.5 Å². The van der Waals surface area contributed by atoms with Crippen LogP contribution in [0, 0.1) is 6.92 Å². The lowest BCUT2D eigenvalue weighted by atomic mass is 10.1. The smallest absolute Gasteiger partial charge is 0.259 e. The van der Waals surface area contributed by atoms with Crippen molar-refractivity contribution in [3.63, 3.8) is 0 Å². The summed E-state index contributed by atoms with van der Waals surface area (Å²) in [5.41, 5.74) is 3.18. The molecule has 0 bridgehead atoms. The summed E-state index contributed by atoms with van der Waals surface area (Å²) in [5, 5.41) is 5.46. The van der Waals surface area contributed by atoms with Gasteiger partial charge in [0, 0.05) is 23.0 Å². The van der Waals surface area contributed by atoms with Gasteiger partial charge >= 0.3 is 0 Å².